The summed E-state index contributed by atoms with van der Waals surface area (Å²) in [6.07, 6.45) is 1.79. The molecule has 1 fully saturated rings. The first-order chi connectivity index (χ1) is 14.8. The van der Waals surface area contributed by atoms with Crippen molar-refractivity contribution in [2.75, 3.05) is 20.0 Å². The maximum atomic E-state index is 7.02. The molecule has 0 aromatic heterocycles. The third kappa shape index (κ3) is 5.41. The number of benzene rings is 2. The number of thioether (sulfide) groups is 1. The van der Waals surface area contributed by atoms with E-state index in [-0.39, 0.29) is 23.5 Å². The first kappa shape index (κ1) is 24.4. The van der Waals surface area contributed by atoms with Crippen molar-refractivity contribution >= 4 is 47.1 Å². The summed E-state index contributed by atoms with van der Waals surface area (Å²) >= 11 is 6.73. The number of hydrogen-bond acceptors (Lipinski definition) is 6. The molecular formula is C24H32O4S2Si. The lowest BCUT2D eigenvalue weighted by atomic mass is 10.2. The minimum Gasteiger partial charge on any atom is -0.472 e. The smallest absolute Gasteiger partial charge is 0.261 e. The van der Waals surface area contributed by atoms with E-state index in [0.29, 0.717) is 17.4 Å². The van der Waals surface area contributed by atoms with E-state index in [9.17, 15) is 0 Å². The van der Waals surface area contributed by atoms with Crippen LogP contribution in [0.25, 0.3) is 0 Å². The lowest BCUT2D eigenvalue weighted by Gasteiger charge is -2.43. The van der Waals surface area contributed by atoms with Crippen LogP contribution in [0.15, 0.2) is 60.7 Å². The molecular weight excluding hydrogens is 444 g/mol. The monoisotopic (exact) mass is 476 g/mol. The van der Waals surface area contributed by atoms with Gasteiger partial charge in [-0.25, -0.2) is 0 Å². The highest BCUT2D eigenvalue weighted by molar-refractivity contribution is 8.22. The Morgan fingerprint density at radius 1 is 1.06 bits per heavy atom. The summed E-state index contributed by atoms with van der Waals surface area (Å²) in [5.41, 5.74) is 0. The summed E-state index contributed by atoms with van der Waals surface area (Å²) in [5.74, 6) is 0. The van der Waals surface area contributed by atoms with Crippen LogP contribution in [0.1, 0.15) is 27.2 Å². The Morgan fingerprint density at radius 3 is 2.06 bits per heavy atom. The molecule has 0 bridgehead atoms. The molecule has 2 aromatic rings. The summed E-state index contributed by atoms with van der Waals surface area (Å²) in [7, 11) is -0.989. The molecule has 1 aliphatic rings. The molecule has 1 heterocycles. The maximum Gasteiger partial charge on any atom is 0.261 e. The Kier molecular flexibility index (Phi) is 8.35. The van der Waals surface area contributed by atoms with Gasteiger partial charge in [-0.3, -0.25) is 0 Å². The van der Waals surface area contributed by atoms with Gasteiger partial charge in [0.25, 0.3) is 8.32 Å². The van der Waals surface area contributed by atoms with E-state index < -0.39 is 8.32 Å². The molecule has 0 saturated carbocycles. The molecule has 3 atom stereocenters. The molecule has 1 unspecified atom stereocenters. The minimum absolute atomic E-state index is 0.0973. The van der Waals surface area contributed by atoms with Crippen molar-refractivity contribution in [2.45, 2.75) is 50.7 Å². The average Bonchev–Trinajstić information content (AvgIpc) is 3.16. The predicted molar refractivity (Wildman–Crippen MR) is 135 cm³/mol. The summed E-state index contributed by atoms with van der Waals surface area (Å²) in [6, 6.07) is 21.2. The zero-order chi connectivity index (χ0) is 22.5. The molecule has 0 amide bonds. The highest BCUT2D eigenvalue weighted by Crippen LogP contribution is 2.37. The van der Waals surface area contributed by atoms with E-state index in [4.69, 9.17) is 30.9 Å². The third-order valence-corrected chi connectivity index (χ3v) is 11.8. The van der Waals surface area contributed by atoms with Crippen LogP contribution >= 0.6 is 24.0 Å². The molecule has 3 rings (SSSR count). The molecule has 2 aromatic carbocycles. The van der Waals surface area contributed by atoms with E-state index in [1.165, 1.54) is 22.1 Å². The standard InChI is InChI=1S/C24H32O4S2Si/c1-24(2,3)31(18-12-8-6-9-13-18,19-14-10-7-11-15-19)26-17-21-20(28-23(29)30-5)16-22(25-4)27-21/h6-15,20-22H,16-17H2,1-5H3/t20-,21+,22?/m0/s1. The molecule has 1 saturated heterocycles. The van der Waals surface area contributed by atoms with Crippen LogP contribution in [0.4, 0.5) is 0 Å². The van der Waals surface area contributed by atoms with Crippen LogP contribution in [-0.2, 0) is 18.6 Å². The highest BCUT2D eigenvalue weighted by atomic mass is 32.2. The van der Waals surface area contributed by atoms with Gasteiger partial charge in [0, 0.05) is 13.5 Å². The van der Waals surface area contributed by atoms with Gasteiger partial charge >= 0.3 is 0 Å². The number of rotatable bonds is 7. The van der Waals surface area contributed by atoms with Crippen LogP contribution in [0.5, 0.6) is 0 Å². The number of methoxy groups -OCH3 is 1. The zero-order valence-corrected chi connectivity index (χ0v) is 21.5. The Bertz CT molecular complexity index is 802. The Hall–Kier alpha value is -1.22. The van der Waals surface area contributed by atoms with E-state index in [1.54, 1.807) is 7.11 Å². The third-order valence-electron chi connectivity index (χ3n) is 5.72. The average molecular weight is 477 g/mol. The van der Waals surface area contributed by atoms with Crippen molar-refractivity contribution in [2.24, 2.45) is 0 Å². The maximum absolute atomic E-state index is 7.02. The summed E-state index contributed by atoms with van der Waals surface area (Å²) in [4.78, 5) is 0. The van der Waals surface area contributed by atoms with Gasteiger partial charge in [-0.1, -0.05) is 93.2 Å². The van der Waals surface area contributed by atoms with Crippen molar-refractivity contribution < 1.29 is 18.6 Å². The van der Waals surface area contributed by atoms with Gasteiger partial charge in [0.05, 0.1) is 6.61 Å². The van der Waals surface area contributed by atoms with Gasteiger partial charge in [-0.05, 0) is 33.9 Å². The van der Waals surface area contributed by atoms with Crippen LogP contribution in [-0.4, -0.2) is 51.2 Å². The van der Waals surface area contributed by atoms with Gasteiger partial charge in [0.15, 0.2) is 6.29 Å². The quantitative estimate of drug-likeness (QED) is 0.437. The van der Waals surface area contributed by atoms with E-state index in [0.717, 1.165) is 0 Å². The van der Waals surface area contributed by atoms with Crippen LogP contribution in [0.2, 0.25) is 5.04 Å². The van der Waals surface area contributed by atoms with Crippen molar-refractivity contribution in [3.63, 3.8) is 0 Å². The number of thiocarbonyl (C=S) groups is 1. The van der Waals surface area contributed by atoms with Crippen molar-refractivity contribution in [3.05, 3.63) is 60.7 Å². The van der Waals surface area contributed by atoms with E-state index >= 15 is 0 Å². The minimum atomic E-state index is -2.64. The van der Waals surface area contributed by atoms with Gasteiger partial charge in [-0.2, -0.15) is 0 Å². The Labute approximate surface area is 196 Å². The zero-order valence-electron chi connectivity index (χ0n) is 18.9. The normalized spacial score (nSPS) is 21.8. The number of hydrogen-bond donors (Lipinski definition) is 0. The fourth-order valence-corrected chi connectivity index (χ4v) is 9.16. The first-order valence-electron chi connectivity index (χ1n) is 10.5. The summed E-state index contributed by atoms with van der Waals surface area (Å²) in [5, 5.41) is 2.39. The predicted octanol–water partition coefficient (Wildman–Crippen LogP) is 4.36. The highest BCUT2D eigenvalue weighted by Gasteiger charge is 2.51. The van der Waals surface area contributed by atoms with Gasteiger partial charge < -0.3 is 18.6 Å². The fourth-order valence-electron chi connectivity index (χ4n) is 4.24. The Morgan fingerprint density at radius 2 is 1.61 bits per heavy atom. The second-order valence-corrected chi connectivity index (χ2v) is 14.4. The molecule has 1 aliphatic heterocycles. The van der Waals surface area contributed by atoms with Gasteiger partial charge in [0.2, 0.25) is 4.38 Å². The lowest BCUT2D eigenvalue weighted by molar-refractivity contribution is -0.125. The van der Waals surface area contributed by atoms with E-state index in [2.05, 4.69) is 69.3 Å². The summed E-state index contributed by atoms with van der Waals surface area (Å²) in [6.45, 7) is 7.21. The van der Waals surface area contributed by atoms with Crippen molar-refractivity contribution in [3.8, 4) is 0 Å². The SMILES string of the molecule is COC1C[C@H](OC(=S)SC)[C@@H](CO[Si](c2ccccc2)(c2ccccc2)C(C)(C)C)O1. The molecule has 0 spiro atoms. The second kappa shape index (κ2) is 10.6. The molecule has 7 heteroatoms. The number of ether oxygens (including phenoxy) is 3. The van der Waals surface area contributed by atoms with Crippen LogP contribution in [0.3, 0.4) is 0 Å². The molecule has 31 heavy (non-hydrogen) atoms. The lowest BCUT2D eigenvalue weighted by Crippen LogP contribution is -2.67. The molecule has 168 valence electrons. The van der Waals surface area contributed by atoms with Gasteiger partial charge in [-0.15, -0.1) is 0 Å². The van der Waals surface area contributed by atoms with Crippen LogP contribution < -0.4 is 10.4 Å². The van der Waals surface area contributed by atoms with E-state index in [1.807, 2.05) is 18.4 Å². The van der Waals surface area contributed by atoms with Crippen molar-refractivity contribution in [1.29, 1.82) is 0 Å². The Balaban J connectivity index is 1.96. The first-order valence-corrected chi connectivity index (χ1v) is 14.0. The molecule has 0 N–H and O–H groups in total. The van der Waals surface area contributed by atoms with Crippen molar-refractivity contribution in [1.82, 2.24) is 0 Å². The largest absolute Gasteiger partial charge is 0.472 e. The second-order valence-electron chi connectivity index (χ2n) is 8.66. The molecule has 4 nitrogen and oxygen atoms in total. The van der Waals surface area contributed by atoms with Crippen LogP contribution in [0, 0.1) is 0 Å². The van der Waals surface area contributed by atoms with Gasteiger partial charge in [0.1, 0.15) is 12.2 Å². The molecule has 0 radical (unpaired) electrons. The molecule has 0 aliphatic carbocycles. The fraction of sp³-hybridized carbons (Fsp3) is 0.458. The summed E-state index contributed by atoms with van der Waals surface area (Å²) < 4.78 is 25.1. The topological polar surface area (TPSA) is 36.9 Å².